The predicted molar refractivity (Wildman–Crippen MR) is 241 cm³/mol. The standard InChI is InChI=1S/C47H55N9O5S/c48-46-41(26-38(50-51-46)37-7-1-2-10-42(37)57)54-27-32-11-12-33(28-54)56(32)31-5-3-6-35(25-31)61-34-17-21-53(22-18-34)44(59)29-52-19-15-30(16-20-52)36-8-4-9-39-45(36)62-24-23-55(39)40-13-14-43(58)49-47(40)60/h1-10,25-26,30,32-34,40,57H,11-24,27-29H2,(H2,48,51)(H,49,58,60). The minimum Gasteiger partial charge on any atom is -0.507 e. The van der Waals surface area contributed by atoms with Crippen molar-refractivity contribution in [2.75, 3.05) is 78.5 Å². The largest absolute Gasteiger partial charge is 0.507 e. The van der Waals surface area contributed by atoms with Crippen LogP contribution in [0.15, 0.2) is 77.7 Å². The number of nitrogens with two attached hydrogens (primary N) is 1. The number of hydrogen-bond acceptors (Lipinski definition) is 13. The highest BCUT2D eigenvalue weighted by Gasteiger charge is 2.41. The van der Waals surface area contributed by atoms with Crippen LogP contribution in [-0.4, -0.2) is 125 Å². The molecule has 0 saturated carbocycles. The lowest BCUT2D eigenvalue weighted by Gasteiger charge is -2.43. The van der Waals surface area contributed by atoms with Crippen molar-refractivity contribution >= 4 is 52.4 Å². The highest BCUT2D eigenvalue weighted by Crippen LogP contribution is 2.44. The van der Waals surface area contributed by atoms with Gasteiger partial charge in [-0.2, -0.15) is 0 Å². The molecule has 3 atom stereocenters. The normalized spacial score (nSPS) is 23.6. The SMILES string of the molecule is Nc1nnc(-c2ccccc2O)cc1N1CC2CCC(C1)N2c1cccc(OC2CCN(C(=O)CN3CCC(c4cccc5c4SCCN5C4CCC(=O)NC4=O)CC3)CC2)c1. The van der Waals surface area contributed by atoms with Crippen LogP contribution in [0.5, 0.6) is 11.5 Å². The van der Waals surface area contributed by atoms with Gasteiger partial charge in [0.2, 0.25) is 17.7 Å². The number of aromatic nitrogens is 2. The fraction of sp³-hybridized carbons (Fsp3) is 0.468. The van der Waals surface area contributed by atoms with Crippen molar-refractivity contribution in [2.24, 2.45) is 0 Å². The third-order valence-electron chi connectivity index (χ3n) is 13.9. The lowest BCUT2D eigenvalue weighted by atomic mass is 9.88. The number of thioether (sulfide) groups is 1. The number of likely N-dealkylation sites (tertiary alicyclic amines) is 2. The van der Waals surface area contributed by atoms with Crippen LogP contribution in [0.2, 0.25) is 0 Å². The zero-order chi connectivity index (χ0) is 42.3. The number of hydrogen-bond donors (Lipinski definition) is 3. The first-order chi connectivity index (χ1) is 30.3. The number of nitrogen functional groups attached to an aromatic ring is 1. The first-order valence-corrected chi connectivity index (χ1v) is 23.3. The Balaban J connectivity index is 0.703. The predicted octanol–water partition coefficient (Wildman–Crippen LogP) is 5.26. The second kappa shape index (κ2) is 17.3. The second-order valence-corrected chi connectivity index (χ2v) is 18.8. The lowest BCUT2D eigenvalue weighted by Crippen LogP contribution is -2.54. The summed E-state index contributed by atoms with van der Waals surface area (Å²) in [7, 11) is 0. The molecule has 0 aliphatic carbocycles. The molecule has 5 saturated heterocycles. The van der Waals surface area contributed by atoms with E-state index in [4.69, 9.17) is 10.5 Å². The Morgan fingerprint density at radius 2 is 1.61 bits per heavy atom. The van der Waals surface area contributed by atoms with E-state index in [1.165, 1.54) is 16.1 Å². The van der Waals surface area contributed by atoms with Gasteiger partial charge in [0.25, 0.3) is 0 Å². The number of nitrogens with one attached hydrogen (secondary N) is 1. The van der Waals surface area contributed by atoms with E-state index in [2.05, 4.69) is 71.5 Å². The summed E-state index contributed by atoms with van der Waals surface area (Å²) in [5.74, 6) is 2.58. The van der Waals surface area contributed by atoms with Crippen molar-refractivity contribution in [3.63, 3.8) is 0 Å². The number of carbonyl (C=O) groups excluding carboxylic acids is 3. The molecule has 3 unspecified atom stereocenters. The second-order valence-electron chi connectivity index (χ2n) is 17.7. The minimum absolute atomic E-state index is 0.0552. The number of amides is 3. The summed E-state index contributed by atoms with van der Waals surface area (Å²) in [6.45, 7) is 6.00. The van der Waals surface area contributed by atoms with Gasteiger partial charge in [-0.1, -0.05) is 30.3 Å². The number of nitrogens with zero attached hydrogens (tertiary/aromatic N) is 7. The van der Waals surface area contributed by atoms with E-state index in [9.17, 15) is 19.5 Å². The van der Waals surface area contributed by atoms with Crippen molar-refractivity contribution in [1.29, 1.82) is 0 Å². The van der Waals surface area contributed by atoms with E-state index in [1.807, 2.05) is 40.9 Å². The maximum Gasteiger partial charge on any atom is 0.249 e. The minimum atomic E-state index is -0.306. The molecule has 4 N–H and O–H groups in total. The highest BCUT2D eigenvalue weighted by molar-refractivity contribution is 7.99. The molecule has 2 bridgehead atoms. The molecule has 62 heavy (non-hydrogen) atoms. The number of ether oxygens (including phenoxy) is 1. The van der Waals surface area contributed by atoms with Crippen molar-refractivity contribution in [3.8, 4) is 22.8 Å². The van der Waals surface area contributed by atoms with Crippen LogP contribution >= 0.6 is 11.8 Å². The maximum absolute atomic E-state index is 13.6. The van der Waals surface area contributed by atoms with Crippen LogP contribution in [0, 0.1) is 0 Å². The number of fused-ring (bicyclic) bond motifs is 3. The quantitative estimate of drug-likeness (QED) is 0.188. The molecule has 6 aliphatic heterocycles. The molecule has 10 rings (SSSR count). The molecule has 4 aromatic rings. The Morgan fingerprint density at radius 3 is 2.39 bits per heavy atom. The number of anilines is 4. The topological polar surface area (TPSA) is 161 Å². The number of benzene rings is 3. The molecule has 15 heteroatoms. The first-order valence-electron chi connectivity index (χ1n) is 22.3. The first kappa shape index (κ1) is 40.5. The van der Waals surface area contributed by atoms with Crippen LogP contribution < -0.4 is 30.5 Å². The molecule has 324 valence electrons. The Kier molecular flexibility index (Phi) is 11.3. The van der Waals surface area contributed by atoms with Crippen LogP contribution in [0.25, 0.3) is 11.3 Å². The van der Waals surface area contributed by atoms with E-state index in [0.29, 0.717) is 67.6 Å². The summed E-state index contributed by atoms with van der Waals surface area (Å²) >= 11 is 1.88. The Bertz CT molecular complexity index is 2320. The lowest BCUT2D eigenvalue weighted by molar-refractivity contribution is -0.135. The van der Waals surface area contributed by atoms with Crippen LogP contribution in [0.4, 0.5) is 22.9 Å². The molecule has 5 fully saturated rings. The molecule has 3 aromatic carbocycles. The number of phenolic OH excluding ortho intramolecular Hbond substituents is 1. The summed E-state index contributed by atoms with van der Waals surface area (Å²) in [6, 6.07) is 24.4. The molecule has 3 amide bonds. The zero-order valence-corrected chi connectivity index (χ0v) is 35.8. The fourth-order valence-electron chi connectivity index (χ4n) is 10.7. The monoisotopic (exact) mass is 857 g/mol. The Labute approximate surface area is 366 Å². The van der Waals surface area contributed by atoms with Gasteiger partial charge in [0.05, 0.1) is 23.6 Å². The molecule has 7 heterocycles. The van der Waals surface area contributed by atoms with Gasteiger partial charge in [0, 0.05) is 92.0 Å². The van der Waals surface area contributed by atoms with Crippen molar-refractivity contribution in [1.82, 2.24) is 25.3 Å². The molecular formula is C47H55N9O5S. The van der Waals surface area contributed by atoms with E-state index >= 15 is 0 Å². The van der Waals surface area contributed by atoms with Gasteiger partial charge in [0.1, 0.15) is 23.6 Å². The van der Waals surface area contributed by atoms with Gasteiger partial charge in [-0.05, 0) is 93.1 Å². The zero-order valence-electron chi connectivity index (χ0n) is 35.0. The molecule has 0 spiro atoms. The summed E-state index contributed by atoms with van der Waals surface area (Å²) in [5, 5.41) is 21.5. The number of rotatable bonds is 9. The molecule has 1 aromatic heterocycles. The van der Waals surface area contributed by atoms with Gasteiger partial charge in [-0.15, -0.1) is 22.0 Å². The number of piperazine rings is 1. The third-order valence-corrected chi connectivity index (χ3v) is 15.0. The Hall–Kier alpha value is -5.54. The number of piperidine rings is 3. The highest BCUT2D eigenvalue weighted by atomic mass is 32.2. The molecule has 0 radical (unpaired) electrons. The number of phenols is 1. The van der Waals surface area contributed by atoms with E-state index in [1.54, 1.807) is 12.1 Å². The number of aromatic hydroxyl groups is 1. The Morgan fingerprint density at radius 1 is 0.839 bits per heavy atom. The average Bonchev–Trinajstić information content (AvgIpc) is 3.55. The van der Waals surface area contributed by atoms with Gasteiger partial charge >= 0.3 is 0 Å². The van der Waals surface area contributed by atoms with Gasteiger partial charge < -0.3 is 35.2 Å². The fourth-order valence-corrected chi connectivity index (χ4v) is 12.0. The number of imide groups is 1. The smallest absolute Gasteiger partial charge is 0.249 e. The van der Waals surface area contributed by atoms with Crippen LogP contribution in [-0.2, 0) is 14.4 Å². The third kappa shape index (κ3) is 8.12. The maximum atomic E-state index is 13.6. The van der Waals surface area contributed by atoms with E-state index in [0.717, 1.165) is 94.1 Å². The summed E-state index contributed by atoms with van der Waals surface area (Å²) in [6.07, 6.45) is 6.76. The number of para-hydroxylation sites is 1. The number of carbonyl (C=O) groups is 3. The molecule has 6 aliphatic rings. The summed E-state index contributed by atoms with van der Waals surface area (Å²) in [5.41, 5.74) is 12.1. The van der Waals surface area contributed by atoms with Gasteiger partial charge in [-0.25, -0.2) is 0 Å². The van der Waals surface area contributed by atoms with Crippen molar-refractivity contribution in [3.05, 3.63) is 78.4 Å². The van der Waals surface area contributed by atoms with Crippen LogP contribution in [0.1, 0.15) is 62.8 Å². The molecule has 14 nitrogen and oxygen atoms in total. The summed E-state index contributed by atoms with van der Waals surface area (Å²) in [4.78, 5) is 50.8. The van der Waals surface area contributed by atoms with Gasteiger partial charge in [-0.3, -0.25) is 24.6 Å². The van der Waals surface area contributed by atoms with Crippen molar-refractivity contribution in [2.45, 2.75) is 86.4 Å². The van der Waals surface area contributed by atoms with Crippen LogP contribution in [0.3, 0.4) is 0 Å². The van der Waals surface area contributed by atoms with Gasteiger partial charge in [0.15, 0.2) is 5.82 Å². The average molecular weight is 858 g/mol. The molecular weight excluding hydrogens is 803 g/mol. The van der Waals surface area contributed by atoms with E-state index < -0.39 is 0 Å². The summed E-state index contributed by atoms with van der Waals surface area (Å²) < 4.78 is 6.60. The van der Waals surface area contributed by atoms with Crippen molar-refractivity contribution < 1.29 is 24.2 Å². The van der Waals surface area contributed by atoms with E-state index in [-0.39, 0.29) is 35.6 Å².